The molecule has 7 nitrogen and oxygen atoms in total. The quantitative estimate of drug-likeness (QED) is 0.638. The van der Waals surface area contributed by atoms with Crippen molar-refractivity contribution in [3.8, 4) is 17.0 Å². The van der Waals surface area contributed by atoms with Crippen molar-refractivity contribution < 1.29 is 9.53 Å². The molecule has 0 unspecified atom stereocenters. The molecular weight excluding hydrogens is 446 g/mol. The van der Waals surface area contributed by atoms with E-state index in [0.717, 1.165) is 77.7 Å². The van der Waals surface area contributed by atoms with Gasteiger partial charge in [0.15, 0.2) is 6.61 Å². The third-order valence-corrected chi connectivity index (χ3v) is 6.28. The van der Waals surface area contributed by atoms with Gasteiger partial charge in [-0.2, -0.15) is 0 Å². The van der Waals surface area contributed by atoms with E-state index < -0.39 is 0 Å². The van der Waals surface area contributed by atoms with Crippen LogP contribution in [0.4, 0.5) is 5.69 Å². The van der Waals surface area contributed by atoms with E-state index in [0.29, 0.717) is 0 Å². The zero-order valence-corrected chi connectivity index (χ0v) is 18.5. The molecule has 30 heavy (non-hydrogen) atoms. The van der Waals surface area contributed by atoms with Gasteiger partial charge in [-0.05, 0) is 65.8 Å². The summed E-state index contributed by atoms with van der Waals surface area (Å²) in [7, 11) is 1.79. The van der Waals surface area contributed by atoms with E-state index in [1.807, 2.05) is 30.3 Å². The number of nitrogens with one attached hydrogen (secondary N) is 1. The Balaban J connectivity index is 1.61. The van der Waals surface area contributed by atoms with Gasteiger partial charge in [0.25, 0.3) is 5.91 Å². The number of benzene rings is 1. The first-order valence-electron chi connectivity index (χ1n) is 10.2. The summed E-state index contributed by atoms with van der Waals surface area (Å²) in [5, 5.41) is 3.47. The average molecular weight is 470 g/mol. The number of anilines is 1. The topological polar surface area (TPSA) is 62.1 Å². The fourth-order valence-electron chi connectivity index (χ4n) is 4.14. The van der Waals surface area contributed by atoms with Crippen molar-refractivity contribution in [2.24, 2.45) is 0 Å². The van der Waals surface area contributed by atoms with Crippen molar-refractivity contribution in [1.82, 2.24) is 19.6 Å². The minimum absolute atomic E-state index is 0.0455. The molecule has 0 atom stereocenters. The summed E-state index contributed by atoms with van der Waals surface area (Å²) in [4.78, 5) is 21.2. The van der Waals surface area contributed by atoms with Crippen LogP contribution in [-0.4, -0.2) is 60.0 Å². The van der Waals surface area contributed by atoms with E-state index in [1.54, 1.807) is 11.9 Å². The predicted octanol–water partition coefficient (Wildman–Crippen LogP) is 2.91. The van der Waals surface area contributed by atoms with Crippen LogP contribution in [0.3, 0.4) is 0 Å². The molecule has 1 saturated heterocycles. The molecule has 2 aliphatic rings. The Morgan fingerprint density at radius 1 is 1.20 bits per heavy atom. The van der Waals surface area contributed by atoms with Gasteiger partial charge < -0.3 is 19.4 Å². The summed E-state index contributed by atoms with van der Waals surface area (Å²) in [6, 6.07) is 10.0. The molecule has 0 bridgehead atoms. The van der Waals surface area contributed by atoms with Gasteiger partial charge in [-0.25, -0.2) is 4.98 Å². The molecular formula is C22H24BrN5O2. The largest absolute Gasteiger partial charge is 0.482 e. The summed E-state index contributed by atoms with van der Waals surface area (Å²) in [5.41, 5.74) is 4.78. The van der Waals surface area contributed by atoms with E-state index in [9.17, 15) is 4.79 Å². The normalized spacial score (nSPS) is 17.7. The Morgan fingerprint density at radius 3 is 3.00 bits per heavy atom. The first-order chi connectivity index (χ1) is 14.6. The molecule has 1 N–H and O–H groups in total. The SMILES string of the molecule is CN1C(=O)COc2ccc(-c3nc4ccc(Br)cn4c3CN3CCCNCC3)cc21. The molecule has 0 spiro atoms. The molecule has 8 heteroatoms. The number of pyridine rings is 1. The summed E-state index contributed by atoms with van der Waals surface area (Å²) < 4.78 is 8.78. The van der Waals surface area contributed by atoms with Crippen LogP contribution in [-0.2, 0) is 11.3 Å². The maximum absolute atomic E-state index is 12.1. The van der Waals surface area contributed by atoms with Crippen LogP contribution < -0.4 is 15.0 Å². The molecule has 2 aliphatic heterocycles. The zero-order chi connectivity index (χ0) is 20.7. The molecule has 0 radical (unpaired) electrons. The van der Waals surface area contributed by atoms with Crippen molar-refractivity contribution in [2.75, 3.05) is 44.7 Å². The van der Waals surface area contributed by atoms with E-state index in [2.05, 4.69) is 36.7 Å². The molecule has 1 aromatic carbocycles. The van der Waals surface area contributed by atoms with Gasteiger partial charge in [-0.1, -0.05) is 0 Å². The van der Waals surface area contributed by atoms with E-state index in [-0.39, 0.29) is 12.5 Å². The molecule has 2 aromatic heterocycles. The number of imidazole rings is 1. The lowest BCUT2D eigenvalue weighted by molar-refractivity contribution is -0.120. The van der Waals surface area contributed by atoms with Crippen LogP contribution in [0, 0.1) is 0 Å². The van der Waals surface area contributed by atoms with Crippen molar-refractivity contribution in [3.05, 3.63) is 46.7 Å². The monoisotopic (exact) mass is 469 g/mol. The summed E-state index contributed by atoms with van der Waals surface area (Å²) in [6.07, 6.45) is 3.22. The van der Waals surface area contributed by atoms with E-state index in [4.69, 9.17) is 9.72 Å². The first-order valence-corrected chi connectivity index (χ1v) is 11.0. The summed E-state index contributed by atoms with van der Waals surface area (Å²) >= 11 is 3.60. The number of hydrogen-bond acceptors (Lipinski definition) is 5. The van der Waals surface area contributed by atoms with Gasteiger partial charge in [-0.15, -0.1) is 0 Å². The first kappa shape index (κ1) is 19.5. The Morgan fingerprint density at radius 2 is 2.10 bits per heavy atom. The molecule has 5 rings (SSSR count). The number of hydrogen-bond donors (Lipinski definition) is 1. The van der Waals surface area contributed by atoms with Gasteiger partial charge >= 0.3 is 0 Å². The Hall–Kier alpha value is -2.42. The molecule has 0 saturated carbocycles. The number of aromatic nitrogens is 2. The third-order valence-electron chi connectivity index (χ3n) is 5.81. The average Bonchev–Trinajstić information content (AvgIpc) is 2.91. The molecule has 3 aromatic rings. The second-order valence-electron chi connectivity index (χ2n) is 7.79. The van der Waals surface area contributed by atoms with Crippen LogP contribution in [0.2, 0.25) is 0 Å². The fraction of sp³-hybridized carbons (Fsp3) is 0.364. The lowest BCUT2D eigenvalue weighted by atomic mass is 10.1. The molecule has 0 aliphatic carbocycles. The van der Waals surface area contributed by atoms with Crippen molar-refractivity contribution in [1.29, 1.82) is 0 Å². The number of rotatable bonds is 3. The third kappa shape index (κ3) is 3.59. The maximum atomic E-state index is 12.1. The van der Waals surface area contributed by atoms with Crippen LogP contribution in [0.5, 0.6) is 5.75 Å². The van der Waals surface area contributed by atoms with Crippen molar-refractivity contribution in [2.45, 2.75) is 13.0 Å². The van der Waals surface area contributed by atoms with Crippen LogP contribution in [0.1, 0.15) is 12.1 Å². The van der Waals surface area contributed by atoms with Crippen LogP contribution in [0.25, 0.3) is 16.9 Å². The number of carbonyl (C=O) groups excluding carboxylic acids is 1. The minimum Gasteiger partial charge on any atom is -0.482 e. The Labute approximate surface area is 183 Å². The maximum Gasteiger partial charge on any atom is 0.264 e. The van der Waals surface area contributed by atoms with Gasteiger partial charge in [0.2, 0.25) is 0 Å². The number of nitrogens with zero attached hydrogens (tertiary/aromatic N) is 4. The number of ether oxygens (including phenoxy) is 1. The Bertz CT molecular complexity index is 1100. The van der Waals surface area contributed by atoms with Crippen LogP contribution >= 0.6 is 15.9 Å². The molecule has 156 valence electrons. The summed E-state index contributed by atoms with van der Waals surface area (Å²) in [5.74, 6) is 0.684. The molecule has 1 amide bonds. The van der Waals surface area contributed by atoms with Crippen LogP contribution in [0.15, 0.2) is 41.0 Å². The lowest BCUT2D eigenvalue weighted by Crippen LogP contribution is -2.35. The number of likely N-dealkylation sites (N-methyl/N-ethyl adjacent to an activating group) is 1. The zero-order valence-electron chi connectivity index (χ0n) is 16.9. The minimum atomic E-state index is -0.0455. The second kappa shape index (κ2) is 8.02. The highest BCUT2D eigenvalue weighted by Gasteiger charge is 2.24. The van der Waals surface area contributed by atoms with Crippen molar-refractivity contribution >= 4 is 33.2 Å². The van der Waals surface area contributed by atoms with Gasteiger partial charge in [-0.3, -0.25) is 9.69 Å². The second-order valence-corrected chi connectivity index (χ2v) is 8.70. The van der Waals surface area contributed by atoms with Gasteiger partial charge in [0.1, 0.15) is 11.4 Å². The smallest absolute Gasteiger partial charge is 0.264 e. The predicted molar refractivity (Wildman–Crippen MR) is 120 cm³/mol. The molecule has 4 heterocycles. The van der Waals surface area contributed by atoms with Crippen molar-refractivity contribution in [3.63, 3.8) is 0 Å². The highest BCUT2D eigenvalue weighted by molar-refractivity contribution is 9.10. The number of amides is 1. The number of carbonyl (C=O) groups is 1. The highest BCUT2D eigenvalue weighted by Crippen LogP contribution is 2.36. The molecule has 1 fully saturated rings. The highest BCUT2D eigenvalue weighted by atomic mass is 79.9. The standard InChI is InChI=1S/C22H24BrN5O2/c1-26-17-11-15(3-5-19(17)30-14-21(26)29)22-18(13-27-9-2-7-24-8-10-27)28-12-16(23)4-6-20(28)25-22/h3-6,11-12,24H,2,7-10,13-14H2,1H3. The number of halogens is 1. The summed E-state index contributed by atoms with van der Waals surface area (Å²) in [6.45, 7) is 5.03. The number of fused-ring (bicyclic) bond motifs is 2. The van der Waals surface area contributed by atoms with E-state index >= 15 is 0 Å². The Kier molecular flexibility index (Phi) is 5.22. The van der Waals surface area contributed by atoms with Gasteiger partial charge in [0.05, 0.1) is 17.1 Å². The van der Waals surface area contributed by atoms with Gasteiger partial charge in [0, 0.05) is 42.9 Å². The van der Waals surface area contributed by atoms with E-state index in [1.165, 1.54) is 0 Å². The fourth-order valence-corrected chi connectivity index (χ4v) is 4.48. The lowest BCUT2D eigenvalue weighted by Gasteiger charge is -2.26.